The van der Waals surface area contributed by atoms with E-state index < -0.39 is 96.0 Å². The minimum atomic E-state index is -1.82. The number of aliphatic hydroxyl groups excluding tert-OH is 2. The Bertz CT molecular complexity index is 1440. The van der Waals surface area contributed by atoms with Gasteiger partial charge in [0.25, 0.3) is 0 Å². The molecule has 368 valence electrons. The van der Waals surface area contributed by atoms with Crippen LogP contribution in [0.2, 0.25) is 0 Å². The first-order valence-electron chi connectivity index (χ1n) is 23.4. The Balaban J connectivity index is 1.78. The molecule has 0 aromatic heterocycles. The molecular formula is C46H84N2O13S2. The van der Waals surface area contributed by atoms with Crippen molar-refractivity contribution in [2.24, 2.45) is 17.8 Å². The van der Waals surface area contributed by atoms with E-state index in [1.54, 1.807) is 34.6 Å². The summed E-state index contributed by atoms with van der Waals surface area (Å²) in [6, 6.07) is -0.829. The molecule has 4 rings (SSSR count). The van der Waals surface area contributed by atoms with Crippen LogP contribution in [0.25, 0.3) is 0 Å². The van der Waals surface area contributed by atoms with Crippen LogP contribution in [0.15, 0.2) is 0 Å². The summed E-state index contributed by atoms with van der Waals surface area (Å²) in [5, 5.41) is 48.1. The molecular weight excluding hydrogens is 853 g/mol. The first-order valence-corrected chi connectivity index (χ1v) is 25.8. The molecule has 4 aliphatic rings. The monoisotopic (exact) mass is 937 g/mol. The second-order valence-electron chi connectivity index (χ2n) is 20.2. The number of cyclic esters (lactones) is 1. The van der Waals surface area contributed by atoms with E-state index in [-0.39, 0.29) is 49.7 Å². The number of ether oxygens (including phenoxy) is 7. The third-order valence-corrected chi connectivity index (χ3v) is 17.3. The SMILES string of the molecule is CC[C@H]1OC(=O)[C@H](C)[C@@H](O[C@H]2C[C@@](C)(OC)[C@@H](O)[C@H](C)O2)[C@H](C)[C@@H](OC2OC(C)CC(N(C)C)C2OC(=O)CCCCC2CCSS2)[C@](C)(O)C[C@@H](C)CN(C)[C@H](C)[C@@H](O)[C@]1(C)O. The largest absolute Gasteiger partial charge is 0.459 e. The molecule has 5 unspecified atom stereocenters. The highest BCUT2D eigenvalue weighted by molar-refractivity contribution is 8.77. The molecule has 0 spiro atoms. The number of unbranched alkanes of at least 4 members (excludes halogenated alkanes) is 1. The number of carbonyl (C=O) groups excluding carboxylic acids is 2. The van der Waals surface area contributed by atoms with E-state index in [0.717, 1.165) is 12.8 Å². The number of rotatable bonds is 13. The molecule has 0 aromatic rings. The van der Waals surface area contributed by atoms with Crippen molar-refractivity contribution in [1.82, 2.24) is 9.80 Å². The van der Waals surface area contributed by atoms with Gasteiger partial charge >= 0.3 is 11.9 Å². The Hall–Kier alpha value is -0.800. The summed E-state index contributed by atoms with van der Waals surface area (Å²) in [5.74, 6) is -1.87. The van der Waals surface area contributed by atoms with Crippen LogP contribution in [0, 0.1) is 17.8 Å². The lowest BCUT2D eigenvalue weighted by Gasteiger charge is -2.49. The molecule has 0 radical (unpaired) electrons. The molecule has 17 heteroatoms. The maximum atomic E-state index is 14.5. The van der Waals surface area contributed by atoms with Gasteiger partial charge in [-0.05, 0) is 114 Å². The highest BCUT2D eigenvalue weighted by atomic mass is 33.1. The van der Waals surface area contributed by atoms with Gasteiger partial charge in [-0.1, -0.05) is 48.8 Å². The summed E-state index contributed by atoms with van der Waals surface area (Å²) in [4.78, 5) is 32.1. The Morgan fingerprint density at radius 1 is 0.968 bits per heavy atom. The number of nitrogens with zero attached hydrogens (tertiary/aromatic N) is 2. The lowest BCUT2D eigenvalue weighted by atomic mass is 9.77. The molecule has 15 nitrogen and oxygen atoms in total. The minimum Gasteiger partial charge on any atom is -0.459 e. The standard InChI is InChI=1S/C46H84N2O13S2/c1-15-34-46(10,54)39(50)30(6)48(13)25-26(2)23-44(8,53)41(28(4)37(29(5)42(52)58-34)60-36-24-45(9,55-14)40(51)31(7)57-36)61-43-38(33(47(11)12)22-27(3)56-43)59-35(49)19-17-16-18-32-20-21-62-63-32/h26-34,36-41,43,50-51,53-54H,15-25H2,1-14H3/t26-,27?,28+,29-,30-,31+,32?,33?,34-,36+,37+,38?,39-,40+,41-,43?,44-,45-,46-/m1/s1. The summed E-state index contributed by atoms with van der Waals surface area (Å²) in [7, 11) is 11.1. The lowest BCUT2D eigenvalue weighted by molar-refractivity contribution is -0.319. The first kappa shape index (κ1) is 54.8. The molecule has 0 aromatic carbocycles. The smallest absolute Gasteiger partial charge is 0.311 e. The average Bonchev–Trinajstić information content (AvgIpc) is 3.74. The maximum absolute atomic E-state index is 14.5. The third-order valence-electron chi connectivity index (χ3n) is 14.3. The molecule has 4 saturated heterocycles. The van der Waals surface area contributed by atoms with Gasteiger partial charge in [0, 0.05) is 49.5 Å². The Morgan fingerprint density at radius 2 is 1.65 bits per heavy atom. The second kappa shape index (κ2) is 23.5. The predicted octanol–water partition coefficient (Wildman–Crippen LogP) is 5.17. The number of hydrogen-bond donors (Lipinski definition) is 4. The fourth-order valence-electron chi connectivity index (χ4n) is 10.3. The number of aliphatic hydroxyl groups is 4. The van der Waals surface area contributed by atoms with Crippen molar-refractivity contribution in [1.29, 1.82) is 0 Å². The maximum Gasteiger partial charge on any atom is 0.311 e. The summed E-state index contributed by atoms with van der Waals surface area (Å²) >= 11 is 0. The van der Waals surface area contributed by atoms with Crippen LogP contribution in [-0.2, 0) is 42.7 Å². The van der Waals surface area contributed by atoms with Crippen LogP contribution >= 0.6 is 21.6 Å². The van der Waals surface area contributed by atoms with E-state index >= 15 is 0 Å². The number of carbonyl (C=O) groups is 2. The number of likely N-dealkylation sites (N-methyl/N-ethyl adjacent to an activating group) is 2. The minimum absolute atomic E-state index is 0.117. The molecule has 0 aliphatic carbocycles. The number of hydrogen-bond acceptors (Lipinski definition) is 17. The van der Waals surface area contributed by atoms with Crippen molar-refractivity contribution in [2.75, 3.05) is 40.6 Å². The molecule has 4 heterocycles. The Kier molecular flexibility index (Phi) is 20.4. The summed E-state index contributed by atoms with van der Waals surface area (Å²) in [6.07, 6.45) is -4.13. The molecule has 19 atom stereocenters. The van der Waals surface area contributed by atoms with Crippen LogP contribution in [0.3, 0.4) is 0 Å². The zero-order valence-corrected chi connectivity index (χ0v) is 42.3. The first-order chi connectivity index (χ1) is 29.4. The van der Waals surface area contributed by atoms with E-state index in [1.165, 1.54) is 26.2 Å². The number of methoxy groups -OCH3 is 1. The van der Waals surface area contributed by atoms with Gasteiger partial charge in [0.05, 0.1) is 47.6 Å². The topological polar surface area (TPSA) is 186 Å². The van der Waals surface area contributed by atoms with Crippen molar-refractivity contribution in [3.8, 4) is 0 Å². The quantitative estimate of drug-likeness (QED) is 0.108. The molecule has 0 saturated carbocycles. The van der Waals surface area contributed by atoms with Gasteiger partial charge in [-0.25, -0.2) is 0 Å². The summed E-state index contributed by atoms with van der Waals surface area (Å²) in [5.41, 5.74) is -4.47. The Morgan fingerprint density at radius 3 is 2.25 bits per heavy atom. The Labute approximate surface area is 386 Å². The average molecular weight is 937 g/mol. The van der Waals surface area contributed by atoms with E-state index in [4.69, 9.17) is 33.2 Å². The van der Waals surface area contributed by atoms with Crippen LogP contribution in [-0.4, -0.2) is 178 Å². The van der Waals surface area contributed by atoms with Crippen LogP contribution in [0.5, 0.6) is 0 Å². The third kappa shape index (κ3) is 13.9. The van der Waals surface area contributed by atoms with Crippen molar-refractivity contribution >= 4 is 33.5 Å². The van der Waals surface area contributed by atoms with Crippen molar-refractivity contribution in [2.45, 2.75) is 223 Å². The van der Waals surface area contributed by atoms with Crippen molar-refractivity contribution in [3.63, 3.8) is 0 Å². The highest BCUT2D eigenvalue weighted by Crippen LogP contribution is 2.42. The normalized spacial score (nSPS) is 45.3. The van der Waals surface area contributed by atoms with E-state index in [2.05, 4.69) is 0 Å². The fourth-order valence-corrected chi connectivity index (χ4v) is 13.3. The summed E-state index contributed by atoms with van der Waals surface area (Å²) in [6.45, 7) is 18.2. The van der Waals surface area contributed by atoms with Gasteiger partial charge in [0.2, 0.25) is 0 Å². The number of esters is 2. The van der Waals surface area contributed by atoms with Crippen LogP contribution < -0.4 is 0 Å². The van der Waals surface area contributed by atoms with Gasteiger partial charge in [0.1, 0.15) is 23.9 Å². The van der Waals surface area contributed by atoms with Gasteiger partial charge in [-0.15, -0.1) is 0 Å². The van der Waals surface area contributed by atoms with Gasteiger partial charge in [0.15, 0.2) is 18.7 Å². The van der Waals surface area contributed by atoms with Gasteiger partial charge in [-0.2, -0.15) is 0 Å². The van der Waals surface area contributed by atoms with E-state index in [1.807, 2.05) is 80.2 Å². The molecule has 0 amide bonds. The highest BCUT2D eigenvalue weighted by Gasteiger charge is 2.53. The predicted molar refractivity (Wildman–Crippen MR) is 245 cm³/mol. The van der Waals surface area contributed by atoms with Crippen molar-refractivity contribution in [3.05, 3.63) is 0 Å². The van der Waals surface area contributed by atoms with Crippen molar-refractivity contribution < 1.29 is 63.2 Å². The zero-order chi connectivity index (χ0) is 47.2. The molecule has 0 bridgehead atoms. The second-order valence-corrected chi connectivity index (χ2v) is 23.0. The van der Waals surface area contributed by atoms with E-state index in [0.29, 0.717) is 24.6 Å². The van der Waals surface area contributed by atoms with Gasteiger partial charge < -0.3 is 63.4 Å². The van der Waals surface area contributed by atoms with E-state index in [9.17, 15) is 30.0 Å². The van der Waals surface area contributed by atoms with Crippen LogP contribution in [0.4, 0.5) is 0 Å². The molecule has 4 aliphatic heterocycles. The molecule has 4 N–H and O–H groups in total. The zero-order valence-electron chi connectivity index (χ0n) is 40.7. The summed E-state index contributed by atoms with van der Waals surface area (Å²) < 4.78 is 45.0. The van der Waals surface area contributed by atoms with Crippen LogP contribution in [0.1, 0.15) is 127 Å². The fraction of sp³-hybridized carbons (Fsp3) is 0.957. The molecule has 63 heavy (non-hydrogen) atoms. The lowest BCUT2D eigenvalue weighted by Crippen LogP contribution is -2.61. The van der Waals surface area contributed by atoms with Gasteiger partial charge in [-0.3, -0.25) is 9.59 Å². The molecule has 4 fully saturated rings.